The number of allylic oxidation sites excluding steroid dienone is 1. The summed E-state index contributed by atoms with van der Waals surface area (Å²) >= 11 is 0. The fourth-order valence-electron chi connectivity index (χ4n) is 2.37. The van der Waals surface area contributed by atoms with E-state index in [0.29, 0.717) is 6.08 Å². The zero-order chi connectivity index (χ0) is 17.2. The summed E-state index contributed by atoms with van der Waals surface area (Å²) in [5, 5.41) is 9.31. The molecule has 1 fully saturated rings. The van der Waals surface area contributed by atoms with Crippen LogP contribution in [0.25, 0.3) is 0 Å². The molecule has 0 aromatic carbocycles. The molecule has 126 valence electrons. The number of halogens is 2. The number of alkyl halides is 2. The zero-order valence-corrected chi connectivity index (χ0v) is 13.2. The fourth-order valence-corrected chi connectivity index (χ4v) is 2.37. The van der Waals surface area contributed by atoms with Crippen LogP contribution >= 0.6 is 0 Å². The Hall–Kier alpha value is -1.66. The Bertz CT molecular complexity index is 459. The number of aliphatic carboxylic acids is 1. The van der Waals surface area contributed by atoms with Crippen LogP contribution in [0, 0.1) is 10.8 Å². The summed E-state index contributed by atoms with van der Waals surface area (Å²) in [6.07, 6.45) is -0.476. The van der Waals surface area contributed by atoms with Crippen LogP contribution in [-0.2, 0) is 9.53 Å². The van der Waals surface area contributed by atoms with Crippen molar-refractivity contribution in [2.45, 2.75) is 39.5 Å². The Morgan fingerprint density at radius 3 is 2.45 bits per heavy atom. The van der Waals surface area contributed by atoms with Crippen molar-refractivity contribution in [3.8, 4) is 0 Å². The van der Waals surface area contributed by atoms with Crippen LogP contribution in [0.3, 0.4) is 0 Å². The topological polar surface area (TPSA) is 66.8 Å². The molecule has 0 aromatic heterocycles. The van der Waals surface area contributed by atoms with Gasteiger partial charge >= 0.3 is 12.1 Å². The third-order valence-corrected chi connectivity index (χ3v) is 3.68. The summed E-state index contributed by atoms with van der Waals surface area (Å²) in [6.45, 7) is 8.35. The molecule has 1 saturated heterocycles. The number of carboxylic acids is 1. The molecule has 22 heavy (non-hydrogen) atoms. The molecule has 0 aromatic rings. The first kappa shape index (κ1) is 18.4. The number of carboxylic acid groups (broad SMARTS) is 1. The lowest BCUT2D eigenvalue weighted by atomic mass is 9.74. The highest BCUT2D eigenvalue weighted by Gasteiger charge is 2.60. The van der Waals surface area contributed by atoms with Crippen molar-refractivity contribution in [1.82, 2.24) is 4.90 Å². The number of nitrogens with zero attached hydrogens (tertiary/aromatic N) is 1. The number of likely N-dealkylation sites (tertiary alicyclic amines) is 1. The van der Waals surface area contributed by atoms with Crippen molar-refractivity contribution in [3.05, 3.63) is 12.7 Å². The first-order valence-electron chi connectivity index (χ1n) is 7.12. The van der Waals surface area contributed by atoms with Gasteiger partial charge in [0, 0.05) is 13.1 Å². The van der Waals surface area contributed by atoms with Crippen LogP contribution in [0.2, 0.25) is 0 Å². The Balaban J connectivity index is 2.92. The quantitative estimate of drug-likeness (QED) is 0.808. The molecule has 5 nitrogen and oxygen atoms in total. The van der Waals surface area contributed by atoms with Crippen LogP contribution in [-0.4, -0.2) is 47.7 Å². The number of hydrogen-bond acceptors (Lipinski definition) is 3. The van der Waals surface area contributed by atoms with E-state index in [4.69, 9.17) is 4.74 Å². The van der Waals surface area contributed by atoms with Crippen molar-refractivity contribution < 1.29 is 28.2 Å². The number of hydrogen-bond donors (Lipinski definition) is 1. The third kappa shape index (κ3) is 3.75. The van der Waals surface area contributed by atoms with E-state index < -0.39 is 29.9 Å². The van der Waals surface area contributed by atoms with E-state index in [1.165, 1.54) is 0 Å². The van der Waals surface area contributed by atoms with Crippen LogP contribution in [0.5, 0.6) is 0 Å². The molecule has 0 saturated carbocycles. The van der Waals surface area contributed by atoms with Gasteiger partial charge in [0.05, 0.1) is 6.61 Å². The van der Waals surface area contributed by atoms with Gasteiger partial charge in [-0.15, -0.1) is 0 Å². The second kappa shape index (κ2) is 6.22. The standard InChI is InChI=1S/C15H23F2NO4/c1-5-15(16,17)14(11(19)20)7-6-8-18(9-14)12(21)22-10-13(2,3)4/h5H,1,6-10H2,2-4H3,(H,19,20). The molecule has 1 aliphatic heterocycles. The Morgan fingerprint density at radius 2 is 2.00 bits per heavy atom. The lowest BCUT2D eigenvalue weighted by Gasteiger charge is -2.42. The molecule has 1 unspecified atom stereocenters. The van der Waals surface area contributed by atoms with E-state index in [1.54, 1.807) is 0 Å². The largest absolute Gasteiger partial charge is 0.481 e. The fraction of sp³-hybridized carbons (Fsp3) is 0.733. The van der Waals surface area contributed by atoms with Crippen LogP contribution in [0.1, 0.15) is 33.6 Å². The number of carbonyl (C=O) groups is 2. The summed E-state index contributed by atoms with van der Waals surface area (Å²) in [4.78, 5) is 24.5. The van der Waals surface area contributed by atoms with E-state index >= 15 is 0 Å². The molecule has 0 aliphatic carbocycles. The summed E-state index contributed by atoms with van der Waals surface area (Å²) in [7, 11) is 0. The van der Waals surface area contributed by atoms with Crippen LogP contribution in [0.4, 0.5) is 13.6 Å². The SMILES string of the molecule is C=CC(F)(F)C1(C(=O)O)CCCN(C(=O)OCC(C)(C)C)C1. The minimum absolute atomic E-state index is 0.125. The number of amides is 1. The van der Waals surface area contributed by atoms with Gasteiger partial charge in [-0.3, -0.25) is 4.79 Å². The second-order valence-electron chi connectivity index (χ2n) is 6.85. The highest BCUT2D eigenvalue weighted by molar-refractivity contribution is 5.78. The molecule has 1 heterocycles. The lowest BCUT2D eigenvalue weighted by Crippen LogP contribution is -2.58. The molecule has 0 bridgehead atoms. The van der Waals surface area contributed by atoms with Gasteiger partial charge in [0.2, 0.25) is 0 Å². The van der Waals surface area contributed by atoms with Crippen molar-refractivity contribution in [1.29, 1.82) is 0 Å². The summed E-state index contributed by atoms with van der Waals surface area (Å²) in [6, 6.07) is 0. The maximum atomic E-state index is 14.1. The maximum Gasteiger partial charge on any atom is 0.409 e. The van der Waals surface area contributed by atoms with Crippen molar-refractivity contribution in [2.75, 3.05) is 19.7 Å². The molecule has 1 rings (SSSR count). The van der Waals surface area contributed by atoms with E-state index in [0.717, 1.165) is 4.90 Å². The normalized spacial score (nSPS) is 23.0. The molecule has 1 amide bonds. The predicted molar refractivity (Wildman–Crippen MR) is 76.8 cm³/mol. The third-order valence-electron chi connectivity index (χ3n) is 3.68. The predicted octanol–water partition coefficient (Wildman–Crippen LogP) is 3.16. The molecule has 0 radical (unpaired) electrons. The van der Waals surface area contributed by atoms with E-state index in [-0.39, 0.29) is 31.4 Å². The summed E-state index contributed by atoms with van der Waals surface area (Å²) in [5.74, 6) is -5.24. The summed E-state index contributed by atoms with van der Waals surface area (Å²) < 4.78 is 33.2. The lowest BCUT2D eigenvalue weighted by molar-refractivity contribution is -0.177. The van der Waals surface area contributed by atoms with Gasteiger partial charge < -0.3 is 14.7 Å². The van der Waals surface area contributed by atoms with Gasteiger partial charge in [-0.1, -0.05) is 27.4 Å². The Labute approximate surface area is 128 Å². The van der Waals surface area contributed by atoms with Gasteiger partial charge in [0.1, 0.15) is 0 Å². The Kier molecular flexibility index (Phi) is 5.20. The first-order chi connectivity index (χ1) is 9.95. The smallest absolute Gasteiger partial charge is 0.409 e. The van der Waals surface area contributed by atoms with Crippen LogP contribution < -0.4 is 0 Å². The average molecular weight is 319 g/mol. The number of carbonyl (C=O) groups excluding carboxylic acids is 1. The van der Waals surface area contributed by atoms with Crippen molar-refractivity contribution in [3.63, 3.8) is 0 Å². The number of rotatable bonds is 4. The number of piperidine rings is 1. The van der Waals surface area contributed by atoms with E-state index in [9.17, 15) is 23.5 Å². The molecule has 1 N–H and O–H groups in total. The van der Waals surface area contributed by atoms with E-state index in [1.807, 2.05) is 20.8 Å². The van der Waals surface area contributed by atoms with Gasteiger partial charge in [0.15, 0.2) is 5.41 Å². The van der Waals surface area contributed by atoms with Crippen molar-refractivity contribution in [2.24, 2.45) is 10.8 Å². The first-order valence-corrected chi connectivity index (χ1v) is 7.12. The maximum absolute atomic E-state index is 14.1. The molecule has 0 spiro atoms. The van der Waals surface area contributed by atoms with Gasteiger partial charge in [0.25, 0.3) is 5.92 Å². The highest BCUT2D eigenvalue weighted by Crippen LogP contribution is 2.45. The Morgan fingerprint density at radius 1 is 1.41 bits per heavy atom. The molecule has 1 atom stereocenters. The highest BCUT2D eigenvalue weighted by atomic mass is 19.3. The van der Waals surface area contributed by atoms with Crippen LogP contribution in [0.15, 0.2) is 12.7 Å². The monoisotopic (exact) mass is 319 g/mol. The molecular weight excluding hydrogens is 296 g/mol. The molecular formula is C15H23F2NO4. The molecule has 7 heteroatoms. The second-order valence-corrected chi connectivity index (χ2v) is 6.85. The molecule has 1 aliphatic rings. The van der Waals surface area contributed by atoms with E-state index in [2.05, 4.69) is 6.58 Å². The van der Waals surface area contributed by atoms with Gasteiger partial charge in [-0.25, -0.2) is 13.6 Å². The minimum Gasteiger partial charge on any atom is -0.481 e. The average Bonchev–Trinajstić information content (AvgIpc) is 2.43. The van der Waals surface area contributed by atoms with Gasteiger partial charge in [-0.05, 0) is 24.3 Å². The minimum atomic E-state index is -3.61. The van der Waals surface area contributed by atoms with Crippen molar-refractivity contribution >= 4 is 12.1 Å². The number of ether oxygens (including phenoxy) is 1. The summed E-state index contributed by atoms with van der Waals surface area (Å²) in [5.41, 5.74) is -2.62. The zero-order valence-electron chi connectivity index (χ0n) is 13.2. The van der Waals surface area contributed by atoms with Gasteiger partial charge in [-0.2, -0.15) is 0 Å².